The van der Waals surface area contributed by atoms with E-state index < -0.39 is 0 Å². The zero-order valence-electron chi connectivity index (χ0n) is 10.4. The lowest BCUT2D eigenvalue weighted by molar-refractivity contribution is 0.222. The summed E-state index contributed by atoms with van der Waals surface area (Å²) >= 11 is 0. The molecule has 1 saturated heterocycles. The first-order chi connectivity index (χ1) is 8.31. The van der Waals surface area contributed by atoms with E-state index in [-0.39, 0.29) is 6.03 Å². The Morgan fingerprint density at radius 2 is 2.00 bits per heavy atom. The number of carbonyl (C=O) groups is 1. The molecule has 1 aromatic carbocycles. The third-order valence-corrected chi connectivity index (χ3v) is 3.17. The molecule has 0 aliphatic carbocycles. The molecule has 0 atom stereocenters. The number of nitrogens with zero attached hydrogens (tertiary/aromatic N) is 1. The van der Waals surface area contributed by atoms with Gasteiger partial charge in [0.15, 0.2) is 0 Å². The Hall–Kier alpha value is -1.51. The maximum Gasteiger partial charge on any atom is 0.321 e. The van der Waals surface area contributed by atoms with E-state index in [0.29, 0.717) is 0 Å². The van der Waals surface area contributed by atoms with Crippen molar-refractivity contribution in [3.63, 3.8) is 0 Å². The van der Waals surface area contributed by atoms with E-state index in [0.717, 1.165) is 44.5 Å². The van der Waals surface area contributed by atoms with Gasteiger partial charge >= 0.3 is 6.03 Å². The Morgan fingerprint density at radius 3 is 2.71 bits per heavy atom. The number of urea groups is 1. The minimum Gasteiger partial charge on any atom is -0.325 e. The first-order valence-electron chi connectivity index (χ1n) is 6.45. The van der Waals surface area contributed by atoms with E-state index in [9.17, 15) is 4.79 Å². The van der Waals surface area contributed by atoms with Crippen molar-refractivity contribution in [2.45, 2.75) is 32.6 Å². The summed E-state index contributed by atoms with van der Waals surface area (Å²) < 4.78 is 0. The summed E-state index contributed by atoms with van der Waals surface area (Å²) in [5, 5.41) is 3.02. The first kappa shape index (κ1) is 12.0. The van der Waals surface area contributed by atoms with E-state index in [1.807, 2.05) is 23.1 Å². The number of nitrogens with one attached hydrogen (secondary N) is 1. The van der Waals surface area contributed by atoms with Gasteiger partial charge in [-0.15, -0.1) is 0 Å². The van der Waals surface area contributed by atoms with E-state index in [1.165, 1.54) is 5.56 Å². The summed E-state index contributed by atoms with van der Waals surface area (Å²) in [7, 11) is 0. The number of rotatable bonds is 3. The number of para-hydroxylation sites is 1. The number of anilines is 1. The molecule has 0 aromatic heterocycles. The van der Waals surface area contributed by atoms with Crippen LogP contribution in [-0.4, -0.2) is 24.0 Å². The smallest absolute Gasteiger partial charge is 0.321 e. The van der Waals surface area contributed by atoms with Crippen LogP contribution >= 0.6 is 0 Å². The average molecular weight is 232 g/mol. The van der Waals surface area contributed by atoms with E-state index in [2.05, 4.69) is 18.3 Å². The molecule has 0 saturated carbocycles. The molecule has 1 heterocycles. The number of hydrogen-bond donors (Lipinski definition) is 1. The molecular formula is C14H20N2O. The zero-order chi connectivity index (χ0) is 12.1. The SMILES string of the molecule is CCCc1ccccc1NC(=O)N1CCCC1. The fourth-order valence-electron chi connectivity index (χ4n) is 2.24. The van der Waals surface area contributed by atoms with Crippen LogP contribution in [0.3, 0.4) is 0 Å². The van der Waals surface area contributed by atoms with Crippen LogP contribution in [0.2, 0.25) is 0 Å². The van der Waals surface area contributed by atoms with Crippen molar-refractivity contribution in [2.24, 2.45) is 0 Å². The molecule has 1 aromatic rings. The van der Waals surface area contributed by atoms with E-state index in [1.54, 1.807) is 0 Å². The molecule has 1 aliphatic rings. The van der Waals surface area contributed by atoms with Gasteiger partial charge in [-0.25, -0.2) is 4.79 Å². The standard InChI is InChI=1S/C14H20N2O/c1-2-7-12-8-3-4-9-13(12)15-14(17)16-10-5-6-11-16/h3-4,8-9H,2,5-7,10-11H2,1H3,(H,15,17). The topological polar surface area (TPSA) is 32.3 Å². The fraction of sp³-hybridized carbons (Fsp3) is 0.500. The van der Waals surface area contributed by atoms with Crippen molar-refractivity contribution in [2.75, 3.05) is 18.4 Å². The Labute approximate surface area is 103 Å². The third kappa shape index (κ3) is 2.99. The van der Waals surface area contributed by atoms with Crippen LogP contribution in [-0.2, 0) is 6.42 Å². The number of likely N-dealkylation sites (tertiary alicyclic amines) is 1. The molecular weight excluding hydrogens is 212 g/mol. The molecule has 0 spiro atoms. The Balaban J connectivity index is 2.04. The summed E-state index contributed by atoms with van der Waals surface area (Å²) in [5.41, 5.74) is 2.19. The summed E-state index contributed by atoms with van der Waals surface area (Å²) in [6, 6.07) is 8.11. The minimum absolute atomic E-state index is 0.0473. The monoisotopic (exact) mass is 232 g/mol. The van der Waals surface area contributed by atoms with Gasteiger partial charge < -0.3 is 10.2 Å². The summed E-state index contributed by atoms with van der Waals surface area (Å²) in [6.45, 7) is 3.93. The number of aryl methyl sites for hydroxylation is 1. The Morgan fingerprint density at radius 1 is 1.29 bits per heavy atom. The van der Waals surface area contributed by atoms with Gasteiger partial charge in [0.05, 0.1) is 0 Å². The second kappa shape index (κ2) is 5.71. The van der Waals surface area contributed by atoms with Gasteiger partial charge in [-0.05, 0) is 30.9 Å². The van der Waals surface area contributed by atoms with Crippen LogP contribution < -0.4 is 5.32 Å². The molecule has 17 heavy (non-hydrogen) atoms. The second-order valence-electron chi connectivity index (χ2n) is 4.53. The molecule has 2 amide bonds. The predicted molar refractivity (Wildman–Crippen MR) is 70.3 cm³/mol. The van der Waals surface area contributed by atoms with Crippen molar-refractivity contribution < 1.29 is 4.79 Å². The molecule has 3 nitrogen and oxygen atoms in total. The highest BCUT2D eigenvalue weighted by molar-refractivity contribution is 5.90. The van der Waals surface area contributed by atoms with Gasteiger partial charge in [-0.2, -0.15) is 0 Å². The van der Waals surface area contributed by atoms with Gasteiger partial charge in [0.25, 0.3) is 0 Å². The maximum absolute atomic E-state index is 12.0. The molecule has 3 heteroatoms. The van der Waals surface area contributed by atoms with E-state index >= 15 is 0 Å². The molecule has 1 fully saturated rings. The van der Waals surface area contributed by atoms with Crippen LogP contribution in [0.1, 0.15) is 31.7 Å². The van der Waals surface area contributed by atoms with E-state index in [4.69, 9.17) is 0 Å². The maximum atomic E-state index is 12.0. The molecule has 1 aliphatic heterocycles. The van der Waals surface area contributed by atoms with Crippen molar-refractivity contribution in [1.82, 2.24) is 4.90 Å². The molecule has 92 valence electrons. The lowest BCUT2D eigenvalue weighted by Crippen LogP contribution is -2.32. The van der Waals surface area contributed by atoms with Crippen LogP contribution in [0.25, 0.3) is 0 Å². The largest absolute Gasteiger partial charge is 0.325 e. The van der Waals surface area contributed by atoms with Crippen molar-refractivity contribution in [3.05, 3.63) is 29.8 Å². The fourth-order valence-corrected chi connectivity index (χ4v) is 2.24. The van der Waals surface area contributed by atoms with Gasteiger partial charge in [-0.1, -0.05) is 31.5 Å². The highest BCUT2D eigenvalue weighted by Crippen LogP contribution is 2.18. The Kier molecular flexibility index (Phi) is 4.02. The number of carbonyl (C=O) groups excluding carboxylic acids is 1. The summed E-state index contributed by atoms with van der Waals surface area (Å²) in [6.07, 6.45) is 4.36. The lowest BCUT2D eigenvalue weighted by atomic mass is 10.1. The molecule has 0 unspecified atom stereocenters. The quantitative estimate of drug-likeness (QED) is 0.852. The molecule has 0 radical (unpaired) electrons. The van der Waals surface area contributed by atoms with Gasteiger partial charge in [0.2, 0.25) is 0 Å². The average Bonchev–Trinajstić information content (AvgIpc) is 2.85. The lowest BCUT2D eigenvalue weighted by Gasteiger charge is -2.17. The van der Waals surface area contributed by atoms with Crippen LogP contribution in [0.5, 0.6) is 0 Å². The minimum atomic E-state index is 0.0473. The van der Waals surface area contributed by atoms with Crippen molar-refractivity contribution in [1.29, 1.82) is 0 Å². The second-order valence-corrected chi connectivity index (χ2v) is 4.53. The predicted octanol–water partition coefficient (Wildman–Crippen LogP) is 3.27. The number of hydrogen-bond acceptors (Lipinski definition) is 1. The first-order valence-corrected chi connectivity index (χ1v) is 6.45. The molecule has 1 N–H and O–H groups in total. The summed E-state index contributed by atoms with van der Waals surface area (Å²) in [5.74, 6) is 0. The zero-order valence-corrected chi connectivity index (χ0v) is 10.4. The van der Waals surface area contributed by atoms with Gasteiger partial charge in [0.1, 0.15) is 0 Å². The molecule has 0 bridgehead atoms. The van der Waals surface area contributed by atoms with Crippen molar-refractivity contribution >= 4 is 11.7 Å². The molecule has 2 rings (SSSR count). The summed E-state index contributed by atoms with van der Waals surface area (Å²) in [4.78, 5) is 13.9. The third-order valence-electron chi connectivity index (χ3n) is 3.17. The number of benzene rings is 1. The van der Waals surface area contributed by atoms with Crippen molar-refractivity contribution in [3.8, 4) is 0 Å². The highest BCUT2D eigenvalue weighted by atomic mass is 16.2. The normalized spacial score (nSPS) is 15.0. The number of amides is 2. The van der Waals surface area contributed by atoms with Crippen LogP contribution in [0.15, 0.2) is 24.3 Å². The van der Waals surface area contributed by atoms with Crippen LogP contribution in [0.4, 0.5) is 10.5 Å². The Bertz CT molecular complexity index is 384. The van der Waals surface area contributed by atoms with Gasteiger partial charge in [-0.3, -0.25) is 0 Å². The highest BCUT2D eigenvalue weighted by Gasteiger charge is 2.18. The van der Waals surface area contributed by atoms with Gasteiger partial charge in [0, 0.05) is 18.8 Å². The van der Waals surface area contributed by atoms with Crippen LogP contribution in [0, 0.1) is 0 Å².